The molecule has 0 aliphatic heterocycles. The number of hydrogen-bond donors (Lipinski definition) is 1. The van der Waals surface area contributed by atoms with E-state index in [-0.39, 0.29) is 5.82 Å². The molecular weight excluding hydrogens is 181 g/mol. The van der Waals surface area contributed by atoms with Gasteiger partial charge in [-0.2, -0.15) is 0 Å². The summed E-state index contributed by atoms with van der Waals surface area (Å²) in [5, 5.41) is 9.46. The predicted molar refractivity (Wildman–Crippen MR) is 56.0 cm³/mol. The summed E-state index contributed by atoms with van der Waals surface area (Å²) in [5.41, 5.74) is 1.12. The molecule has 1 N–H and O–H groups in total. The van der Waals surface area contributed by atoms with E-state index in [1.807, 2.05) is 24.9 Å². The number of halogens is 1. The number of aliphatic hydroxyl groups is 1. The van der Waals surface area contributed by atoms with Gasteiger partial charge in [0.1, 0.15) is 5.82 Å². The molecule has 0 radical (unpaired) electrons. The van der Waals surface area contributed by atoms with E-state index in [1.165, 1.54) is 6.07 Å². The lowest BCUT2D eigenvalue weighted by molar-refractivity contribution is 0.194. The molecule has 1 atom stereocenters. The van der Waals surface area contributed by atoms with E-state index in [9.17, 15) is 9.50 Å². The first-order valence-corrected chi connectivity index (χ1v) is 4.75. The van der Waals surface area contributed by atoms with Crippen LogP contribution in [0.2, 0.25) is 0 Å². The first-order valence-electron chi connectivity index (χ1n) is 4.75. The summed E-state index contributed by atoms with van der Waals surface area (Å²) in [4.78, 5) is 1.91. The smallest absolute Gasteiger partial charge is 0.131 e. The largest absolute Gasteiger partial charge is 0.389 e. The van der Waals surface area contributed by atoms with Crippen molar-refractivity contribution in [2.45, 2.75) is 20.0 Å². The molecule has 0 aromatic heterocycles. The van der Waals surface area contributed by atoms with E-state index in [0.717, 1.165) is 12.2 Å². The minimum Gasteiger partial charge on any atom is -0.389 e. The Labute approximate surface area is 84.0 Å². The summed E-state index contributed by atoms with van der Waals surface area (Å²) >= 11 is 0. The quantitative estimate of drug-likeness (QED) is 0.804. The van der Waals surface area contributed by atoms with Crippen LogP contribution >= 0.6 is 0 Å². The Bertz CT molecular complexity index is 312. The van der Waals surface area contributed by atoms with Gasteiger partial charge < -0.3 is 10.0 Å². The van der Waals surface area contributed by atoms with Crippen molar-refractivity contribution in [3.05, 3.63) is 29.6 Å². The number of rotatable bonds is 3. The number of benzene rings is 1. The van der Waals surface area contributed by atoms with Gasteiger partial charge in [0.15, 0.2) is 0 Å². The van der Waals surface area contributed by atoms with Crippen molar-refractivity contribution in [3.63, 3.8) is 0 Å². The summed E-state index contributed by atoms with van der Waals surface area (Å²) in [6.07, 6.45) is -0.778. The zero-order valence-corrected chi connectivity index (χ0v) is 8.79. The third-order valence-electron chi connectivity index (χ3n) is 2.33. The Hall–Kier alpha value is -1.09. The van der Waals surface area contributed by atoms with Crippen molar-refractivity contribution in [3.8, 4) is 0 Å². The average Bonchev–Trinajstić information content (AvgIpc) is 2.15. The molecule has 0 bridgehead atoms. The number of nitrogens with zero attached hydrogens (tertiary/aromatic N) is 1. The molecule has 0 saturated heterocycles. The van der Waals surface area contributed by atoms with Crippen molar-refractivity contribution in [1.82, 2.24) is 0 Å². The van der Waals surface area contributed by atoms with Gasteiger partial charge in [-0.15, -0.1) is 0 Å². The zero-order valence-electron chi connectivity index (χ0n) is 8.79. The highest BCUT2D eigenvalue weighted by molar-refractivity contribution is 5.54. The fourth-order valence-electron chi connectivity index (χ4n) is 1.44. The lowest BCUT2D eigenvalue weighted by atomic mass is 10.1. The summed E-state index contributed by atoms with van der Waals surface area (Å²) in [6.45, 7) is 4.34. The second kappa shape index (κ2) is 4.42. The Morgan fingerprint density at radius 3 is 2.64 bits per heavy atom. The van der Waals surface area contributed by atoms with Crippen LogP contribution in [0.25, 0.3) is 0 Å². The molecule has 78 valence electrons. The molecule has 1 rings (SSSR count). The highest BCUT2D eigenvalue weighted by Gasteiger charge is 2.14. The fraction of sp³-hybridized carbons (Fsp3) is 0.455. The Morgan fingerprint density at radius 2 is 2.14 bits per heavy atom. The predicted octanol–water partition coefficient (Wildman–Crippen LogP) is 2.34. The van der Waals surface area contributed by atoms with E-state index < -0.39 is 6.10 Å². The molecule has 1 aromatic carbocycles. The molecular formula is C11H16FNO. The highest BCUT2D eigenvalue weighted by atomic mass is 19.1. The van der Waals surface area contributed by atoms with E-state index in [1.54, 1.807) is 13.0 Å². The van der Waals surface area contributed by atoms with Crippen LogP contribution in [0.15, 0.2) is 18.2 Å². The van der Waals surface area contributed by atoms with Gasteiger partial charge in [-0.25, -0.2) is 4.39 Å². The normalized spacial score (nSPS) is 12.6. The van der Waals surface area contributed by atoms with Crippen molar-refractivity contribution in [1.29, 1.82) is 0 Å². The number of hydrogen-bond acceptors (Lipinski definition) is 2. The molecule has 0 aliphatic carbocycles. The summed E-state index contributed by atoms with van der Waals surface area (Å²) in [7, 11) is 1.88. The monoisotopic (exact) mass is 197 g/mol. The van der Waals surface area contributed by atoms with Crippen LogP contribution in [0.1, 0.15) is 25.5 Å². The van der Waals surface area contributed by atoms with E-state index in [4.69, 9.17) is 0 Å². The van der Waals surface area contributed by atoms with E-state index in [2.05, 4.69) is 0 Å². The molecule has 3 heteroatoms. The molecule has 0 heterocycles. The number of aliphatic hydroxyl groups excluding tert-OH is 1. The lowest BCUT2D eigenvalue weighted by Crippen LogP contribution is -2.18. The second-order valence-electron chi connectivity index (χ2n) is 3.36. The van der Waals surface area contributed by atoms with E-state index in [0.29, 0.717) is 5.56 Å². The SMILES string of the molecule is CCN(C)c1cccc(F)c1[C@@H](C)O. The van der Waals surface area contributed by atoms with Crippen LogP contribution in [0.4, 0.5) is 10.1 Å². The Kier molecular flexibility index (Phi) is 3.47. The Morgan fingerprint density at radius 1 is 1.50 bits per heavy atom. The summed E-state index contributed by atoms with van der Waals surface area (Å²) in [6, 6.07) is 4.84. The topological polar surface area (TPSA) is 23.5 Å². The van der Waals surface area contributed by atoms with Crippen LogP contribution in [-0.4, -0.2) is 18.7 Å². The van der Waals surface area contributed by atoms with Crippen LogP contribution < -0.4 is 4.90 Å². The molecule has 0 saturated carbocycles. The van der Waals surface area contributed by atoms with Crippen molar-refractivity contribution in [2.75, 3.05) is 18.5 Å². The van der Waals surface area contributed by atoms with Gasteiger partial charge in [0, 0.05) is 24.8 Å². The van der Waals surface area contributed by atoms with Gasteiger partial charge in [-0.1, -0.05) is 6.07 Å². The second-order valence-corrected chi connectivity index (χ2v) is 3.36. The van der Waals surface area contributed by atoms with Crippen molar-refractivity contribution >= 4 is 5.69 Å². The molecule has 0 fully saturated rings. The standard InChI is InChI=1S/C11H16FNO/c1-4-13(3)10-7-5-6-9(12)11(10)8(2)14/h5-8,14H,4H2,1-3H3/t8-/m1/s1. The van der Waals surface area contributed by atoms with Crippen molar-refractivity contribution < 1.29 is 9.50 Å². The maximum atomic E-state index is 13.4. The maximum absolute atomic E-state index is 13.4. The molecule has 0 spiro atoms. The molecule has 0 aliphatic rings. The van der Waals surface area contributed by atoms with Gasteiger partial charge in [0.2, 0.25) is 0 Å². The lowest BCUT2D eigenvalue weighted by Gasteiger charge is -2.22. The minimum atomic E-state index is -0.778. The first kappa shape index (κ1) is 11.0. The van der Waals surface area contributed by atoms with Crippen LogP contribution in [0, 0.1) is 5.82 Å². The zero-order chi connectivity index (χ0) is 10.7. The van der Waals surface area contributed by atoms with Gasteiger partial charge in [-0.05, 0) is 26.0 Å². The van der Waals surface area contributed by atoms with Crippen LogP contribution in [-0.2, 0) is 0 Å². The minimum absolute atomic E-state index is 0.349. The summed E-state index contributed by atoms with van der Waals surface area (Å²) in [5.74, 6) is -0.349. The molecule has 1 aromatic rings. The third kappa shape index (κ3) is 2.04. The summed E-state index contributed by atoms with van der Waals surface area (Å²) < 4.78 is 13.4. The third-order valence-corrected chi connectivity index (χ3v) is 2.33. The molecule has 0 amide bonds. The maximum Gasteiger partial charge on any atom is 0.131 e. The first-order chi connectivity index (χ1) is 6.57. The molecule has 2 nitrogen and oxygen atoms in total. The average molecular weight is 197 g/mol. The van der Waals surface area contributed by atoms with Gasteiger partial charge in [0.25, 0.3) is 0 Å². The van der Waals surface area contributed by atoms with Crippen LogP contribution in [0.5, 0.6) is 0 Å². The molecule has 0 unspecified atom stereocenters. The highest BCUT2D eigenvalue weighted by Crippen LogP contribution is 2.27. The number of anilines is 1. The van der Waals surface area contributed by atoms with Crippen LogP contribution in [0.3, 0.4) is 0 Å². The van der Waals surface area contributed by atoms with Gasteiger partial charge >= 0.3 is 0 Å². The molecule has 14 heavy (non-hydrogen) atoms. The van der Waals surface area contributed by atoms with E-state index >= 15 is 0 Å². The Balaban J connectivity index is 3.21. The van der Waals surface area contributed by atoms with Crippen molar-refractivity contribution in [2.24, 2.45) is 0 Å². The van der Waals surface area contributed by atoms with Gasteiger partial charge in [-0.3, -0.25) is 0 Å². The fourth-order valence-corrected chi connectivity index (χ4v) is 1.44. The van der Waals surface area contributed by atoms with Gasteiger partial charge in [0.05, 0.1) is 6.10 Å².